The second-order valence-electron chi connectivity index (χ2n) is 5.10. The van der Waals surface area contributed by atoms with Gasteiger partial charge in [-0.15, -0.1) is 0 Å². The molecule has 1 saturated heterocycles. The summed E-state index contributed by atoms with van der Waals surface area (Å²) in [7, 11) is -3.59. The van der Waals surface area contributed by atoms with Crippen LogP contribution in [0.4, 0.5) is 5.69 Å². The van der Waals surface area contributed by atoms with Gasteiger partial charge in [0.15, 0.2) is 0 Å². The average Bonchev–Trinajstić information content (AvgIpc) is 2.47. The molecule has 1 fully saturated rings. The smallest absolute Gasteiger partial charge is 0.301 e. The maximum absolute atomic E-state index is 12.4. The zero-order valence-corrected chi connectivity index (χ0v) is 12.6. The van der Waals surface area contributed by atoms with Crippen molar-refractivity contribution in [3.8, 4) is 0 Å². The van der Waals surface area contributed by atoms with Crippen molar-refractivity contribution in [2.75, 3.05) is 17.9 Å². The molecule has 1 heterocycles. The fourth-order valence-corrected chi connectivity index (χ4v) is 3.97. The molecular weight excluding hydrogens is 276 g/mol. The van der Waals surface area contributed by atoms with Gasteiger partial charge in [0, 0.05) is 18.3 Å². The molecule has 2 rings (SSSR count). The molecule has 1 aliphatic rings. The molecule has 1 aromatic rings. The van der Waals surface area contributed by atoms with Gasteiger partial charge in [-0.2, -0.15) is 12.7 Å². The predicted octanol–water partition coefficient (Wildman–Crippen LogP) is 1.75. The van der Waals surface area contributed by atoms with Gasteiger partial charge in [0.1, 0.15) is 0 Å². The predicted molar refractivity (Wildman–Crippen MR) is 79.8 cm³/mol. The first kappa shape index (κ1) is 15.3. The Hall–Kier alpha value is -1.11. The zero-order valence-electron chi connectivity index (χ0n) is 11.7. The molecule has 2 N–H and O–H groups in total. The summed E-state index contributed by atoms with van der Waals surface area (Å²) in [6, 6.07) is 7.06. The molecule has 20 heavy (non-hydrogen) atoms. The Morgan fingerprint density at radius 3 is 2.60 bits per heavy atom. The van der Waals surface area contributed by atoms with Crippen LogP contribution in [0.5, 0.6) is 0 Å². The lowest BCUT2D eigenvalue weighted by Crippen LogP contribution is -2.47. The van der Waals surface area contributed by atoms with E-state index in [1.54, 1.807) is 12.1 Å². The van der Waals surface area contributed by atoms with Gasteiger partial charge in [-0.3, -0.25) is 4.72 Å². The SMILES string of the molecule is CCc1ccc(NS(=O)(=O)N2CCCCC2CO)cc1. The van der Waals surface area contributed by atoms with Crippen LogP contribution in [-0.4, -0.2) is 37.0 Å². The maximum atomic E-state index is 12.4. The topological polar surface area (TPSA) is 69.6 Å². The number of anilines is 1. The van der Waals surface area contributed by atoms with Crippen LogP contribution in [0.2, 0.25) is 0 Å². The highest BCUT2D eigenvalue weighted by molar-refractivity contribution is 7.90. The van der Waals surface area contributed by atoms with Crippen molar-refractivity contribution in [3.05, 3.63) is 29.8 Å². The van der Waals surface area contributed by atoms with Crippen molar-refractivity contribution in [1.82, 2.24) is 4.31 Å². The summed E-state index contributed by atoms with van der Waals surface area (Å²) in [4.78, 5) is 0. The summed E-state index contributed by atoms with van der Waals surface area (Å²) in [6.45, 7) is 2.39. The van der Waals surface area contributed by atoms with E-state index in [1.165, 1.54) is 9.87 Å². The van der Waals surface area contributed by atoms with Gasteiger partial charge in [0.05, 0.1) is 6.61 Å². The van der Waals surface area contributed by atoms with Gasteiger partial charge < -0.3 is 5.11 Å². The fraction of sp³-hybridized carbons (Fsp3) is 0.571. The molecule has 1 aromatic carbocycles. The lowest BCUT2D eigenvalue weighted by Gasteiger charge is -2.33. The molecule has 0 aromatic heterocycles. The molecule has 6 heteroatoms. The summed E-state index contributed by atoms with van der Waals surface area (Å²) >= 11 is 0. The lowest BCUT2D eigenvalue weighted by molar-refractivity contribution is 0.156. The number of aliphatic hydroxyl groups is 1. The standard InChI is InChI=1S/C14H22N2O3S/c1-2-12-6-8-13(9-7-12)15-20(18,19)16-10-4-3-5-14(16)11-17/h6-9,14-15,17H,2-5,10-11H2,1H3. The van der Waals surface area contributed by atoms with Crippen molar-refractivity contribution in [2.24, 2.45) is 0 Å². The number of hydrogen-bond acceptors (Lipinski definition) is 3. The molecule has 1 aliphatic heterocycles. The minimum absolute atomic E-state index is 0.129. The highest BCUT2D eigenvalue weighted by atomic mass is 32.2. The minimum atomic E-state index is -3.59. The van der Waals surface area contributed by atoms with E-state index in [0.29, 0.717) is 18.7 Å². The number of nitrogens with one attached hydrogen (secondary N) is 1. The van der Waals surface area contributed by atoms with E-state index in [4.69, 9.17) is 0 Å². The van der Waals surface area contributed by atoms with Crippen molar-refractivity contribution in [2.45, 2.75) is 38.6 Å². The quantitative estimate of drug-likeness (QED) is 0.870. The number of benzene rings is 1. The maximum Gasteiger partial charge on any atom is 0.301 e. The number of piperidine rings is 1. The van der Waals surface area contributed by atoms with Crippen LogP contribution >= 0.6 is 0 Å². The second-order valence-corrected chi connectivity index (χ2v) is 6.72. The zero-order chi connectivity index (χ0) is 14.6. The number of aryl methyl sites for hydroxylation is 1. The molecule has 0 amide bonds. The first-order valence-corrected chi connectivity index (χ1v) is 8.50. The van der Waals surface area contributed by atoms with Crippen LogP contribution in [0.3, 0.4) is 0 Å². The van der Waals surface area contributed by atoms with Crippen molar-refractivity contribution in [1.29, 1.82) is 0 Å². The van der Waals surface area contributed by atoms with Gasteiger partial charge in [-0.05, 0) is 37.0 Å². The number of rotatable bonds is 5. The first-order chi connectivity index (χ1) is 9.56. The number of hydrogen-bond donors (Lipinski definition) is 2. The lowest BCUT2D eigenvalue weighted by atomic mass is 10.1. The average molecular weight is 298 g/mol. The van der Waals surface area contributed by atoms with Gasteiger partial charge in [0.2, 0.25) is 0 Å². The molecule has 0 spiro atoms. The van der Waals surface area contributed by atoms with Crippen molar-refractivity contribution in [3.63, 3.8) is 0 Å². The van der Waals surface area contributed by atoms with E-state index in [-0.39, 0.29) is 12.6 Å². The van der Waals surface area contributed by atoms with E-state index < -0.39 is 10.2 Å². The molecule has 0 radical (unpaired) electrons. The Balaban J connectivity index is 2.12. The highest BCUT2D eigenvalue weighted by Crippen LogP contribution is 2.22. The normalized spacial score (nSPS) is 20.8. The Morgan fingerprint density at radius 2 is 2.00 bits per heavy atom. The van der Waals surface area contributed by atoms with E-state index in [0.717, 1.165) is 19.3 Å². The molecular formula is C14H22N2O3S. The summed E-state index contributed by atoms with van der Waals surface area (Å²) in [5.41, 5.74) is 1.73. The molecule has 0 bridgehead atoms. The largest absolute Gasteiger partial charge is 0.395 e. The van der Waals surface area contributed by atoms with E-state index >= 15 is 0 Å². The third kappa shape index (κ3) is 3.50. The van der Waals surface area contributed by atoms with E-state index in [1.807, 2.05) is 12.1 Å². The van der Waals surface area contributed by atoms with Gasteiger partial charge in [-0.1, -0.05) is 25.5 Å². The summed E-state index contributed by atoms with van der Waals surface area (Å²) in [6.07, 6.45) is 3.44. The summed E-state index contributed by atoms with van der Waals surface area (Å²) in [5, 5.41) is 9.33. The van der Waals surface area contributed by atoms with Crippen LogP contribution in [0.25, 0.3) is 0 Å². The first-order valence-electron chi connectivity index (χ1n) is 7.06. The molecule has 0 aliphatic carbocycles. The third-order valence-corrected chi connectivity index (χ3v) is 5.29. The van der Waals surface area contributed by atoms with Crippen molar-refractivity contribution >= 4 is 15.9 Å². The monoisotopic (exact) mass is 298 g/mol. The fourth-order valence-electron chi connectivity index (χ4n) is 2.49. The minimum Gasteiger partial charge on any atom is -0.395 e. The molecule has 112 valence electrons. The summed E-state index contributed by atoms with van der Waals surface area (Å²) in [5.74, 6) is 0. The Kier molecular flexibility index (Phi) is 5.01. The van der Waals surface area contributed by atoms with Crippen molar-refractivity contribution < 1.29 is 13.5 Å². The van der Waals surface area contributed by atoms with Gasteiger partial charge in [0.25, 0.3) is 0 Å². The summed E-state index contributed by atoms with van der Waals surface area (Å²) < 4.78 is 28.7. The van der Waals surface area contributed by atoms with E-state index in [9.17, 15) is 13.5 Å². The van der Waals surface area contributed by atoms with Crippen LogP contribution in [0.15, 0.2) is 24.3 Å². The van der Waals surface area contributed by atoms with Crippen LogP contribution in [-0.2, 0) is 16.6 Å². The third-order valence-electron chi connectivity index (χ3n) is 3.70. The van der Waals surface area contributed by atoms with Crippen LogP contribution in [0, 0.1) is 0 Å². The Labute approximate surface area is 120 Å². The molecule has 1 atom stereocenters. The van der Waals surface area contributed by atoms with Gasteiger partial charge in [-0.25, -0.2) is 0 Å². The van der Waals surface area contributed by atoms with E-state index in [2.05, 4.69) is 11.6 Å². The molecule has 0 saturated carbocycles. The highest BCUT2D eigenvalue weighted by Gasteiger charge is 2.31. The molecule has 1 unspecified atom stereocenters. The Morgan fingerprint density at radius 1 is 1.30 bits per heavy atom. The second kappa shape index (κ2) is 6.56. The van der Waals surface area contributed by atoms with Gasteiger partial charge >= 0.3 is 10.2 Å². The number of nitrogens with zero attached hydrogens (tertiary/aromatic N) is 1. The van der Waals surface area contributed by atoms with Crippen LogP contribution < -0.4 is 4.72 Å². The Bertz CT molecular complexity index is 528. The number of aliphatic hydroxyl groups excluding tert-OH is 1. The van der Waals surface area contributed by atoms with Crippen LogP contribution in [0.1, 0.15) is 31.7 Å². The molecule has 5 nitrogen and oxygen atoms in total.